The fraction of sp³-hybridized carbons (Fsp3) is 0.0833. The van der Waals surface area contributed by atoms with Crippen LogP contribution in [0.2, 0.25) is 0 Å². The van der Waals surface area contributed by atoms with Crippen molar-refractivity contribution in [1.29, 1.82) is 0 Å². The summed E-state index contributed by atoms with van der Waals surface area (Å²) in [6.07, 6.45) is 0. The first-order chi connectivity index (χ1) is 15.4. The van der Waals surface area contributed by atoms with E-state index in [9.17, 15) is 18.8 Å². The summed E-state index contributed by atoms with van der Waals surface area (Å²) in [4.78, 5) is 39.1. The number of benzene rings is 3. The minimum atomic E-state index is -0.864. The molecular formula is C24H19FN4O3. The molecule has 3 aromatic carbocycles. The van der Waals surface area contributed by atoms with Gasteiger partial charge in [0.15, 0.2) is 0 Å². The third kappa shape index (κ3) is 4.24. The Kier molecular flexibility index (Phi) is 5.76. The van der Waals surface area contributed by atoms with Crippen molar-refractivity contribution in [3.8, 4) is 5.69 Å². The SMILES string of the molecule is Cc1ccc(Cn2c(=O)c(C(=O)Nc3ccccc3)nn(-c3ccccc3F)c2=O)cc1. The molecule has 0 spiro atoms. The van der Waals surface area contributed by atoms with Crippen molar-refractivity contribution < 1.29 is 9.18 Å². The van der Waals surface area contributed by atoms with Gasteiger partial charge in [0.2, 0.25) is 5.69 Å². The number of carbonyl (C=O) groups is 1. The van der Waals surface area contributed by atoms with E-state index in [1.54, 1.807) is 42.5 Å². The number of aryl methyl sites for hydroxylation is 1. The van der Waals surface area contributed by atoms with Crippen LogP contribution in [-0.2, 0) is 6.54 Å². The minimum absolute atomic E-state index is 0.0967. The monoisotopic (exact) mass is 430 g/mol. The zero-order valence-corrected chi connectivity index (χ0v) is 17.2. The fourth-order valence-corrected chi connectivity index (χ4v) is 3.16. The maximum Gasteiger partial charge on any atom is 0.352 e. The molecule has 1 amide bonds. The predicted molar refractivity (Wildman–Crippen MR) is 119 cm³/mol. The van der Waals surface area contributed by atoms with E-state index in [1.165, 1.54) is 24.3 Å². The normalized spacial score (nSPS) is 10.7. The van der Waals surface area contributed by atoms with Crippen LogP contribution in [0.1, 0.15) is 21.6 Å². The first-order valence-electron chi connectivity index (χ1n) is 9.85. The highest BCUT2D eigenvalue weighted by Crippen LogP contribution is 2.11. The van der Waals surface area contributed by atoms with E-state index in [2.05, 4.69) is 10.4 Å². The lowest BCUT2D eigenvalue weighted by Crippen LogP contribution is -2.45. The molecule has 32 heavy (non-hydrogen) atoms. The molecule has 7 nitrogen and oxygen atoms in total. The molecule has 4 rings (SSSR count). The van der Waals surface area contributed by atoms with Gasteiger partial charge in [-0.3, -0.25) is 14.2 Å². The number of para-hydroxylation sites is 2. The van der Waals surface area contributed by atoms with Crippen LogP contribution in [0.4, 0.5) is 10.1 Å². The molecule has 0 radical (unpaired) electrons. The van der Waals surface area contributed by atoms with Crippen LogP contribution in [0.3, 0.4) is 0 Å². The molecule has 0 atom stereocenters. The Morgan fingerprint density at radius 3 is 2.28 bits per heavy atom. The number of amides is 1. The first-order valence-corrected chi connectivity index (χ1v) is 9.85. The molecule has 1 N–H and O–H groups in total. The summed E-state index contributed by atoms with van der Waals surface area (Å²) in [7, 11) is 0. The molecule has 0 saturated heterocycles. The van der Waals surface area contributed by atoms with Gasteiger partial charge in [-0.1, -0.05) is 60.2 Å². The smallest absolute Gasteiger partial charge is 0.320 e. The summed E-state index contributed by atoms with van der Waals surface area (Å²) >= 11 is 0. The average Bonchev–Trinajstić information content (AvgIpc) is 2.79. The molecule has 0 aliphatic heterocycles. The van der Waals surface area contributed by atoms with Gasteiger partial charge in [-0.2, -0.15) is 9.78 Å². The van der Waals surface area contributed by atoms with Crippen molar-refractivity contribution in [3.05, 3.63) is 122 Å². The number of halogens is 1. The second kappa shape index (κ2) is 8.81. The molecule has 0 fully saturated rings. The maximum absolute atomic E-state index is 14.5. The van der Waals surface area contributed by atoms with E-state index < -0.39 is 28.7 Å². The van der Waals surface area contributed by atoms with E-state index in [1.807, 2.05) is 19.1 Å². The van der Waals surface area contributed by atoms with E-state index >= 15 is 0 Å². The number of hydrogen-bond acceptors (Lipinski definition) is 4. The summed E-state index contributed by atoms with van der Waals surface area (Å²) in [5, 5.41) is 6.52. The molecule has 0 saturated carbocycles. The second-order valence-electron chi connectivity index (χ2n) is 7.19. The van der Waals surface area contributed by atoms with Gasteiger partial charge < -0.3 is 5.32 Å². The molecule has 0 aliphatic carbocycles. The Balaban J connectivity index is 1.87. The lowest BCUT2D eigenvalue weighted by atomic mass is 10.1. The van der Waals surface area contributed by atoms with Gasteiger partial charge in [0.05, 0.1) is 6.54 Å². The number of anilines is 1. The Hall–Kier alpha value is -4.33. The summed E-state index contributed by atoms with van der Waals surface area (Å²) in [6, 6.07) is 21.3. The van der Waals surface area contributed by atoms with Crippen molar-refractivity contribution >= 4 is 11.6 Å². The molecule has 0 unspecified atom stereocenters. The standard InChI is InChI=1S/C24H19FN4O3/c1-16-11-13-17(14-12-16)15-28-23(31)21(22(30)26-18-7-3-2-4-8-18)27-29(24(28)32)20-10-6-5-9-19(20)25/h2-14H,15H2,1H3,(H,26,30). The van der Waals surface area contributed by atoms with Gasteiger partial charge in [-0.15, -0.1) is 0 Å². The lowest BCUT2D eigenvalue weighted by Gasteiger charge is -2.13. The molecular weight excluding hydrogens is 411 g/mol. The second-order valence-corrected chi connectivity index (χ2v) is 7.19. The fourth-order valence-electron chi connectivity index (χ4n) is 3.16. The van der Waals surface area contributed by atoms with Crippen LogP contribution in [0, 0.1) is 12.7 Å². The zero-order chi connectivity index (χ0) is 22.7. The third-order valence-electron chi connectivity index (χ3n) is 4.85. The Morgan fingerprint density at radius 2 is 1.59 bits per heavy atom. The Morgan fingerprint density at radius 1 is 0.938 bits per heavy atom. The first kappa shape index (κ1) is 20.9. The molecule has 4 aromatic rings. The average molecular weight is 430 g/mol. The molecule has 0 aliphatic rings. The van der Waals surface area contributed by atoms with Crippen molar-refractivity contribution in [1.82, 2.24) is 14.3 Å². The topological polar surface area (TPSA) is 86.0 Å². The van der Waals surface area contributed by atoms with Gasteiger partial charge in [-0.25, -0.2) is 9.18 Å². The van der Waals surface area contributed by atoms with Crippen molar-refractivity contribution in [2.75, 3.05) is 5.32 Å². The number of aromatic nitrogens is 3. The molecule has 160 valence electrons. The summed E-state index contributed by atoms with van der Waals surface area (Å²) in [5.41, 5.74) is -0.258. The van der Waals surface area contributed by atoms with E-state index in [4.69, 9.17) is 0 Å². The van der Waals surface area contributed by atoms with Gasteiger partial charge in [0, 0.05) is 5.69 Å². The lowest BCUT2D eigenvalue weighted by molar-refractivity contribution is 0.101. The van der Waals surface area contributed by atoms with E-state index in [0.717, 1.165) is 14.8 Å². The number of nitrogens with zero attached hydrogens (tertiary/aromatic N) is 3. The van der Waals surface area contributed by atoms with Gasteiger partial charge in [0.25, 0.3) is 11.5 Å². The summed E-state index contributed by atoms with van der Waals surface area (Å²) < 4.78 is 16.1. The number of rotatable bonds is 5. The summed E-state index contributed by atoms with van der Waals surface area (Å²) in [6.45, 7) is 1.82. The number of hydrogen-bond donors (Lipinski definition) is 1. The van der Waals surface area contributed by atoms with Crippen molar-refractivity contribution in [3.63, 3.8) is 0 Å². The van der Waals surface area contributed by atoms with Crippen LogP contribution in [0.25, 0.3) is 5.69 Å². The van der Waals surface area contributed by atoms with E-state index in [0.29, 0.717) is 11.3 Å². The maximum atomic E-state index is 14.5. The highest BCUT2D eigenvalue weighted by molar-refractivity contribution is 6.02. The third-order valence-corrected chi connectivity index (χ3v) is 4.85. The highest BCUT2D eigenvalue weighted by Gasteiger charge is 2.21. The zero-order valence-electron chi connectivity index (χ0n) is 17.2. The molecule has 0 bridgehead atoms. The quantitative estimate of drug-likeness (QED) is 0.527. The van der Waals surface area contributed by atoms with Crippen LogP contribution in [0.15, 0.2) is 88.5 Å². The van der Waals surface area contributed by atoms with E-state index in [-0.39, 0.29) is 12.2 Å². The molecule has 1 heterocycles. The van der Waals surface area contributed by atoms with Crippen LogP contribution in [-0.4, -0.2) is 20.3 Å². The minimum Gasteiger partial charge on any atom is -0.320 e. The number of nitrogens with one attached hydrogen (secondary N) is 1. The van der Waals surface area contributed by atoms with Crippen molar-refractivity contribution in [2.24, 2.45) is 0 Å². The highest BCUT2D eigenvalue weighted by atomic mass is 19.1. The summed E-state index contributed by atoms with van der Waals surface area (Å²) in [5.74, 6) is -1.51. The molecule has 8 heteroatoms. The van der Waals surface area contributed by atoms with Gasteiger partial charge in [-0.05, 0) is 36.8 Å². The predicted octanol–water partition coefficient (Wildman–Crippen LogP) is 3.14. The van der Waals surface area contributed by atoms with Crippen LogP contribution >= 0.6 is 0 Å². The number of carbonyl (C=O) groups excluding carboxylic acids is 1. The van der Waals surface area contributed by atoms with Gasteiger partial charge >= 0.3 is 5.69 Å². The van der Waals surface area contributed by atoms with Crippen LogP contribution in [0.5, 0.6) is 0 Å². The Labute approximate surface area is 182 Å². The van der Waals surface area contributed by atoms with Crippen molar-refractivity contribution in [2.45, 2.75) is 13.5 Å². The molecule has 1 aromatic heterocycles. The van der Waals surface area contributed by atoms with Gasteiger partial charge in [0.1, 0.15) is 11.5 Å². The largest absolute Gasteiger partial charge is 0.352 e. The Bertz CT molecular complexity index is 1390. The van der Waals surface area contributed by atoms with Crippen LogP contribution < -0.4 is 16.6 Å².